The lowest BCUT2D eigenvalue weighted by Gasteiger charge is -2.30. The van der Waals surface area contributed by atoms with Crippen LogP contribution in [0.15, 0.2) is 29.3 Å². The van der Waals surface area contributed by atoms with Crippen LogP contribution in [-0.4, -0.2) is 59.1 Å². The second-order valence-electron chi connectivity index (χ2n) is 8.20. The molecule has 1 aliphatic heterocycles. The Morgan fingerprint density at radius 2 is 1.86 bits per heavy atom. The van der Waals surface area contributed by atoms with E-state index in [0.717, 1.165) is 65.0 Å². The molecule has 0 bridgehead atoms. The van der Waals surface area contributed by atoms with Gasteiger partial charge in [0.15, 0.2) is 5.96 Å². The highest BCUT2D eigenvalue weighted by atomic mass is 16.5. The average Bonchev–Trinajstić information content (AvgIpc) is 3.24. The van der Waals surface area contributed by atoms with Crippen LogP contribution < -0.4 is 15.5 Å². The van der Waals surface area contributed by atoms with E-state index in [0.29, 0.717) is 5.41 Å². The molecule has 6 heteroatoms. The molecule has 0 radical (unpaired) electrons. The van der Waals surface area contributed by atoms with Crippen LogP contribution in [0.2, 0.25) is 0 Å². The molecule has 6 nitrogen and oxygen atoms in total. The molecule has 0 aromatic heterocycles. The van der Waals surface area contributed by atoms with Crippen LogP contribution in [0, 0.1) is 5.41 Å². The van der Waals surface area contributed by atoms with Crippen LogP contribution in [0.5, 0.6) is 0 Å². The van der Waals surface area contributed by atoms with Crippen molar-refractivity contribution in [3.8, 4) is 0 Å². The van der Waals surface area contributed by atoms with Crippen LogP contribution in [-0.2, 0) is 16.0 Å². The maximum absolute atomic E-state index is 5.63. The molecule has 3 rings (SSSR count). The third-order valence-corrected chi connectivity index (χ3v) is 6.27. The second-order valence-corrected chi connectivity index (χ2v) is 8.20. The van der Waals surface area contributed by atoms with E-state index in [9.17, 15) is 0 Å². The number of hydrogen-bond acceptors (Lipinski definition) is 4. The predicted molar refractivity (Wildman–Crippen MR) is 120 cm³/mol. The van der Waals surface area contributed by atoms with Crippen molar-refractivity contribution >= 4 is 11.6 Å². The highest BCUT2D eigenvalue weighted by molar-refractivity contribution is 5.79. The van der Waals surface area contributed by atoms with Crippen molar-refractivity contribution in [2.24, 2.45) is 10.4 Å². The second kappa shape index (κ2) is 11.4. The number of aliphatic imine (C=N–C) groups is 1. The zero-order valence-electron chi connectivity index (χ0n) is 18.2. The van der Waals surface area contributed by atoms with Gasteiger partial charge in [-0.3, -0.25) is 4.99 Å². The minimum atomic E-state index is 0.354. The van der Waals surface area contributed by atoms with E-state index >= 15 is 0 Å². The monoisotopic (exact) mass is 402 g/mol. The highest BCUT2D eigenvalue weighted by Gasteiger charge is 2.33. The molecule has 1 aromatic rings. The van der Waals surface area contributed by atoms with Crippen molar-refractivity contribution in [2.75, 3.05) is 58.0 Å². The molecule has 0 unspecified atom stereocenters. The number of guanidine groups is 1. The van der Waals surface area contributed by atoms with E-state index in [1.54, 1.807) is 0 Å². The quantitative estimate of drug-likeness (QED) is 0.377. The first-order chi connectivity index (χ1) is 14.2. The fraction of sp³-hybridized carbons (Fsp3) is 0.696. The van der Waals surface area contributed by atoms with Gasteiger partial charge in [-0.05, 0) is 49.3 Å². The summed E-state index contributed by atoms with van der Waals surface area (Å²) < 4.78 is 11.1. The van der Waals surface area contributed by atoms with Crippen LogP contribution in [0.1, 0.15) is 44.6 Å². The molecule has 2 fully saturated rings. The number of rotatable bonds is 9. The summed E-state index contributed by atoms with van der Waals surface area (Å²) in [7, 11) is 1.85. The lowest BCUT2D eigenvalue weighted by atomic mass is 9.83. The summed E-state index contributed by atoms with van der Waals surface area (Å²) in [6, 6.07) is 8.82. The van der Waals surface area contributed by atoms with Gasteiger partial charge in [0.25, 0.3) is 0 Å². The van der Waals surface area contributed by atoms with Crippen molar-refractivity contribution in [1.29, 1.82) is 0 Å². The third-order valence-electron chi connectivity index (χ3n) is 6.27. The molecule has 1 saturated heterocycles. The summed E-state index contributed by atoms with van der Waals surface area (Å²) in [6.07, 6.45) is 6.36. The van der Waals surface area contributed by atoms with Crippen LogP contribution in [0.3, 0.4) is 0 Å². The Labute approximate surface area is 176 Å². The summed E-state index contributed by atoms with van der Waals surface area (Å²) in [4.78, 5) is 6.80. The topological polar surface area (TPSA) is 58.1 Å². The number of morpholine rings is 1. The van der Waals surface area contributed by atoms with Crippen LogP contribution in [0.25, 0.3) is 0 Å². The van der Waals surface area contributed by atoms with E-state index in [1.807, 2.05) is 7.05 Å². The Morgan fingerprint density at radius 3 is 2.52 bits per heavy atom. The molecule has 29 heavy (non-hydrogen) atoms. The average molecular weight is 403 g/mol. The van der Waals surface area contributed by atoms with Gasteiger partial charge >= 0.3 is 0 Å². The van der Waals surface area contributed by atoms with Crippen molar-refractivity contribution in [3.05, 3.63) is 29.8 Å². The predicted octanol–water partition coefficient (Wildman–Crippen LogP) is 3.18. The van der Waals surface area contributed by atoms with E-state index in [4.69, 9.17) is 9.47 Å². The summed E-state index contributed by atoms with van der Waals surface area (Å²) >= 11 is 0. The molecule has 0 atom stereocenters. The minimum Gasteiger partial charge on any atom is -0.382 e. The largest absolute Gasteiger partial charge is 0.382 e. The fourth-order valence-corrected chi connectivity index (χ4v) is 4.40. The molecule has 1 saturated carbocycles. The molecule has 2 aliphatic rings. The number of nitrogens with zero attached hydrogens (tertiary/aromatic N) is 2. The smallest absolute Gasteiger partial charge is 0.191 e. The number of benzene rings is 1. The molecule has 2 N–H and O–H groups in total. The molecule has 162 valence electrons. The molecular formula is C23H38N4O2. The molecule has 1 aromatic carbocycles. The zero-order valence-corrected chi connectivity index (χ0v) is 18.2. The summed E-state index contributed by atoms with van der Waals surface area (Å²) in [5, 5.41) is 7.04. The fourth-order valence-electron chi connectivity index (χ4n) is 4.40. The number of ether oxygens (including phenoxy) is 2. The standard InChI is InChI=1S/C23H38N4O2/c1-3-28-15-12-23(10-4-5-11-23)19-26-22(24-2)25-18-20-6-8-21(9-7-20)27-13-16-29-17-14-27/h6-9H,3-5,10-19H2,1-2H3,(H2,24,25,26). The van der Waals surface area contributed by atoms with Crippen LogP contribution in [0.4, 0.5) is 5.69 Å². The third kappa shape index (κ3) is 6.61. The first kappa shape index (κ1) is 21.9. The van der Waals surface area contributed by atoms with Gasteiger partial charge in [-0.25, -0.2) is 0 Å². The first-order valence-electron chi connectivity index (χ1n) is 11.2. The van der Waals surface area contributed by atoms with Crippen molar-refractivity contribution < 1.29 is 9.47 Å². The van der Waals surface area contributed by atoms with Gasteiger partial charge in [-0.1, -0.05) is 25.0 Å². The zero-order chi connectivity index (χ0) is 20.4. The Kier molecular flexibility index (Phi) is 8.62. The lowest BCUT2D eigenvalue weighted by molar-refractivity contribution is 0.105. The summed E-state index contributed by atoms with van der Waals surface area (Å²) in [6.45, 7) is 9.05. The molecule has 0 amide bonds. The number of nitrogens with one attached hydrogen (secondary N) is 2. The van der Waals surface area contributed by atoms with E-state index in [2.05, 4.69) is 51.7 Å². The molecular weight excluding hydrogens is 364 g/mol. The van der Waals surface area contributed by atoms with Gasteiger partial charge in [0, 0.05) is 52.1 Å². The normalized spacial score (nSPS) is 19.4. The lowest BCUT2D eigenvalue weighted by Crippen LogP contribution is -2.43. The summed E-state index contributed by atoms with van der Waals surface area (Å²) in [5.41, 5.74) is 2.89. The van der Waals surface area contributed by atoms with Gasteiger partial charge in [0.2, 0.25) is 0 Å². The maximum atomic E-state index is 5.63. The van der Waals surface area contributed by atoms with Crippen molar-refractivity contribution in [2.45, 2.75) is 45.6 Å². The number of anilines is 1. The Balaban J connectivity index is 1.46. The van der Waals surface area contributed by atoms with Gasteiger partial charge < -0.3 is 25.0 Å². The Bertz CT molecular complexity index is 620. The van der Waals surface area contributed by atoms with Gasteiger partial charge in [-0.15, -0.1) is 0 Å². The summed E-state index contributed by atoms with van der Waals surface area (Å²) in [5.74, 6) is 0.880. The Morgan fingerprint density at radius 1 is 1.14 bits per heavy atom. The van der Waals surface area contributed by atoms with Crippen molar-refractivity contribution in [1.82, 2.24) is 10.6 Å². The van der Waals surface area contributed by atoms with Gasteiger partial charge in [0.05, 0.1) is 13.2 Å². The first-order valence-corrected chi connectivity index (χ1v) is 11.2. The van der Waals surface area contributed by atoms with E-state index in [-0.39, 0.29) is 0 Å². The van der Waals surface area contributed by atoms with Gasteiger partial charge in [0.1, 0.15) is 0 Å². The molecule has 0 spiro atoms. The molecule has 1 aliphatic carbocycles. The van der Waals surface area contributed by atoms with Crippen LogP contribution >= 0.6 is 0 Å². The minimum absolute atomic E-state index is 0.354. The number of hydrogen-bond donors (Lipinski definition) is 2. The van der Waals surface area contributed by atoms with Gasteiger partial charge in [-0.2, -0.15) is 0 Å². The maximum Gasteiger partial charge on any atom is 0.191 e. The SMILES string of the molecule is CCOCCC1(CNC(=NC)NCc2ccc(N3CCOCC3)cc2)CCCC1. The van der Waals surface area contributed by atoms with Crippen molar-refractivity contribution in [3.63, 3.8) is 0 Å². The van der Waals surface area contributed by atoms with E-state index in [1.165, 1.54) is 36.9 Å². The highest BCUT2D eigenvalue weighted by Crippen LogP contribution is 2.40. The Hall–Kier alpha value is -1.79. The van der Waals surface area contributed by atoms with E-state index < -0.39 is 0 Å². The molecule has 1 heterocycles.